The fraction of sp³-hybridized carbons (Fsp3) is 0.263. The molecule has 1 aromatic carbocycles. The van der Waals surface area contributed by atoms with Gasteiger partial charge in [-0.2, -0.15) is 10.2 Å². The number of aliphatic carboxylic acids is 1. The van der Waals surface area contributed by atoms with Crippen LogP contribution < -0.4 is 5.32 Å². The molecular weight excluding hydrogens is 365 g/mol. The van der Waals surface area contributed by atoms with Crippen molar-refractivity contribution in [1.82, 2.24) is 19.6 Å². The Labute approximate surface area is 159 Å². The molecule has 0 fully saturated rings. The molecule has 2 aromatic heterocycles. The van der Waals surface area contributed by atoms with Gasteiger partial charge in [-0.15, -0.1) is 0 Å². The van der Waals surface area contributed by atoms with Crippen molar-refractivity contribution in [3.63, 3.8) is 0 Å². The quantitative estimate of drug-likeness (QED) is 0.705. The molecule has 0 spiro atoms. The summed E-state index contributed by atoms with van der Waals surface area (Å²) in [5.74, 6) is -1.57. The summed E-state index contributed by atoms with van der Waals surface area (Å²) in [6.07, 6.45) is 4.90. The fourth-order valence-corrected chi connectivity index (χ4v) is 3.43. The van der Waals surface area contributed by atoms with Gasteiger partial charge in [0.05, 0.1) is 5.69 Å². The van der Waals surface area contributed by atoms with Crippen LogP contribution in [0.15, 0.2) is 36.5 Å². The molecular formula is C19H18FN5O3. The predicted molar refractivity (Wildman–Crippen MR) is 98.0 cm³/mol. The van der Waals surface area contributed by atoms with E-state index in [4.69, 9.17) is 5.11 Å². The first-order valence-electron chi connectivity index (χ1n) is 8.94. The Morgan fingerprint density at radius 1 is 1.18 bits per heavy atom. The number of carboxylic acid groups (broad SMARTS) is 1. The number of anilines is 1. The van der Waals surface area contributed by atoms with Gasteiger partial charge in [0.1, 0.15) is 12.4 Å². The maximum atomic E-state index is 13.7. The molecule has 0 bridgehead atoms. The molecule has 0 atom stereocenters. The lowest BCUT2D eigenvalue weighted by Crippen LogP contribution is -2.16. The highest BCUT2D eigenvalue weighted by atomic mass is 19.1. The van der Waals surface area contributed by atoms with E-state index in [1.165, 1.54) is 29.1 Å². The van der Waals surface area contributed by atoms with Crippen molar-refractivity contribution < 1.29 is 19.1 Å². The average Bonchev–Trinajstić information content (AvgIpc) is 3.25. The zero-order valence-corrected chi connectivity index (χ0v) is 14.9. The monoisotopic (exact) mass is 383 g/mol. The summed E-state index contributed by atoms with van der Waals surface area (Å²) in [7, 11) is 0. The molecule has 9 heteroatoms. The van der Waals surface area contributed by atoms with Gasteiger partial charge in [0.15, 0.2) is 11.5 Å². The van der Waals surface area contributed by atoms with Crippen LogP contribution in [-0.4, -0.2) is 36.5 Å². The number of hydrogen-bond donors (Lipinski definition) is 2. The number of rotatable bonds is 5. The van der Waals surface area contributed by atoms with Crippen molar-refractivity contribution in [3.05, 3.63) is 59.3 Å². The van der Waals surface area contributed by atoms with Crippen LogP contribution in [0.4, 0.5) is 10.2 Å². The molecule has 1 amide bonds. The topological polar surface area (TPSA) is 102 Å². The molecule has 2 N–H and O–H groups in total. The highest BCUT2D eigenvalue weighted by molar-refractivity contribution is 6.03. The Kier molecular flexibility index (Phi) is 4.64. The number of aromatic nitrogens is 4. The first kappa shape index (κ1) is 17.9. The van der Waals surface area contributed by atoms with Gasteiger partial charge < -0.3 is 10.4 Å². The molecule has 3 aromatic rings. The third kappa shape index (κ3) is 3.51. The molecule has 1 aliphatic carbocycles. The number of benzene rings is 1. The fourth-order valence-electron chi connectivity index (χ4n) is 3.43. The number of nitrogens with one attached hydrogen (secondary N) is 1. The van der Waals surface area contributed by atoms with Crippen LogP contribution >= 0.6 is 0 Å². The minimum atomic E-state index is -1.02. The first-order chi connectivity index (χ1) is 13.5. The molecule has 2 heterocycles. The maximum absolute atomic E-state index is 13.7. The summed E-state index contributed by atoms with van der Waals surface area (Å²) in [5, 5.41) is 20.0. The average molecular weight is 383 g/mol. The maximum Gasteiger partial charge on any atom is 0.325 e. The zero-order chi connectivity index (χ0) is 19.7. The van der Waals surface area contributed by atoms with E-state index in [0.29, 0.717) is 5.69 Å². The second-order valence-electron chi connectivity index (χ2n) is 6.62. The third-order valence-electron chi connectivity index (χ3n) is 4.63. The molecule has 0 radical (unpaired) electrons. The van der Waals surface area contributed by atoms with Gasteiger partial charge in [-0.1, -0.05) is 6.07 Å². The minimum Gasteiger partial charge on any atom is -0.480 e. The van der Waals surface area contributed by atoms with Crippen LogP contribution in [0.3, 0.4) is 0 Å². The van der Waals surface area contributed by atoms with E-state index >= 15 is 0 Å². The van der Waals surface area contributed by atoms with Crippen LogP contribution in [0.1, 0.15) is 34.6 Å². The number of carboxylic acids is 1. The molecule has 8 nitrogen and oxygen atoms in total. The molecule has 0 unspecified atom stereocenters. The number of carbonyl (C=O) groups is 2. The molecule has 28 heavy (non-hydrogen) atoms. The number of halogens is 1. The normalized spacial score (nSPS) is 13.2. The van der Waals surface area contributed by atoms with Gasteiger partial charge >= 0.3 is 5.97 Å². The summed E-state index contributed by atoms with van der Waals surface area (Å²) in [6, 6.07) is 7.63. The second kappa shape index (κ2) is 7.26. The largest absolute Gasteiger partial charge is 0.480 e. The van der Waals surface area contributed by atoms with Crippen LogP contribution in [-0.2, 0) is 24.2 Å². The summed E-state index contributed by atoms with van der Waals surface area (Å²) >= 11 is 0. The van der Waals surface area contributed by atoms with Gasteiger partial charge in [0.2, 0.25) is 0 Å². The molecule has 4 rings (SSSR count). The summed E-state index contributed by atoms with van der Waals surface area (Å²) in [6.45, 7) is -0.292. The third-order valence-corrected chi connectivity index (χ3v) is 4.63. The van der Waals surface area contributed by atoms with E-state index in [1.54, 1.807) is 16.8 Å². The Hall–Kier alpha value is -3.49. The Morgan fingerprint density at radius 2 is 2.00 bits per heavy atom. The summed E-state index contributed by atoms with van der Waals surface area (Å²) in [5.41, 5.74) is 2.63. The standard InChI is InChI=1S/C19H18FN5O3/c20-12-4-3-5-13(10-12)25-15-7-2-1-6-14(15)18(23-25)19(28)21-16-8-9-24(22-16)11-17(26)27/h3-5,8-10H,1-2,6-7,11H2,(H,26,27)(H,21,22,28). The van der Waals surface area contributed by atoms with Crippen LogP contribution in [0.2, 0.25) is 0 Å². The Morgan fingerprint density at radius 3 is 2.79 bits per heavy atom. The Bertz CT molecular complexity index is 1060. The SMILES string of the molecule is O=C(O)Cn1ccc(NC(=O)c2nn(-c3cccc(F)c3)c3c2CCCC3)n1. The van der Waals surface area contributed by atoms with Crippen molar-refractivity contribution in [2.45, 2.75) is 32.2 Å². The van der Waals surface area contributed by atoms with Gasteiger partial charge in [0, 0.05) is 23.5 Å². The molecule has 0 saturated carbocycles. The van der Waals surface area contributed by atoms with E-state index in [0.717, 1.165) is 36.9 Å². The number of amides is 1. The van der Waals surface area contributed by atoms with Gasteiger partial charge in [-0.05, 0) is 43.9 Å². The first-order valence-corrected chi connectivity index (χ1v) is 8.94. The van der Waals surface area contributed by atoms with Crippen LogP contribution in [0.5, 0.6) is 0 Å². The molecule has 0 saturated heterocycles. The van der Waals surface area contributed by atoms with Crippen molar-refractivity contribution in [1.29, 1.82) is 0 Å². The summed E-state index contributed by atoms with van der Waals surface area (Å²) in [4.78, 5) is 23.6. The molecule has 0 aliphatic heterocycles. The number of hydrogen-bond acceptors (Lipinski definition) is 4. The van der Waals surface area contributed by atoms with Crippen LogP contribution in [0.25, 0.3) is 5.69 Å². The van der Waals surface area contributed by atoms with E-state index in [2.05, 4.69) is 15.5 Å². The highest BCUT2D eigenvalue weighted by Crippen LogP contribution is 2.27. The van der Waals surface area contributed by atoms with Gasteiger partial charge in [-0.25, -0.2) is 9.07 Å². The number of nitrogens with zero attached hydrogens (tertiary/aromatic N) is 4. The Balaban J connectivity index is 1.65. The van der Waals surface area contributed by atoms with Crippen molar-refractivity contribution in [3.8, 4) is 5.69 Å². The molecule has 144 valence electrons. The van der Waals surface area contributed by atoms with E-state index in [1.807, 2.05) is 0 Å². The lowest BCUT2D eigenvalue weighted by molar-refractivity contribution is -0.137. The number of fused-ring (bicyclic) bond motifs is 1. The van der Waals surface area contributed by atoms with E-state index < -0.39 is 11.9 Å². The van der Waals surface area contributed by atoms with Gasteiger partial charge in [-0.3, -0.25) is 14.3 Å². The number of carbonyl (C=O) groups excluding carboxylic acids is 1. The minimum absolute atomic E-state index is 0.246. The summed E-state index contributed by atoms with van der Waals surface area (Å²) < 4.78 is 16.5. The second-order valence-corrected chi connectivity index (χ2v) is 6.62. The van der Waals surface area contributed by atoms with Crippen LogP contribution in [0, 0.1) is 5.82 Å². The van der Waals surface area contributed by atoms with Gasteiger partial charge in [0.25, 0.3) is 5.91 Å². The highest BCUT2D eigenvalue weighted by Gasteiger charge is 2.26. The molecule has 1 aliphatic rings. The van der Waals surface area contributed by atoms with Crippen molar-refractivity contribution >= 4 is 17.7 Å². The van der Waals surface area contributed by atoms with E-state index in [-0.39, 0.29) is 23.9 Å². The lowest BCUT2D eigenvalue weighted by atomic mass is 9.95. The van der Waals surface area contributed by atoms with Crippen molar-refractivity contribution in [2.75, 3.05) is 5.32 Å². The van der Waals surface area contributed by atoms with E-state index in [9.17, 15) is 14.0 Å². The van der Waals surface area contributed by atoms with Crippen molar-refractivity contribution in [2.24, 2.45) is 0 Å². The smallest absolute Gasteiger partial charge is 0.325 e. The lowest BCUT2D eigenvalue weighted by Gasteiger charge is -2.14. The predicted octanol–water partition coefficient (Wildman–Crippen LogP) is 2.42. The zero-order valence-electron chi connectivity index (χ0n) is 14.9.